The molecule has 0 aliphatic carbocycles. The van der Waals surface area contributed by atoms with Gasteiger partial charge in [0.25, 0.3) is 0 Å². The highest BCUT2D eigenvalue weighted by molar-refractivity contribution is 7.25. The fourth-order valence-corrected chi connectivity index (χ4v) is 8.10. The number of hydrogen-bond acceptors (Lipinski definition) is 3. The predicted molar refractivity (Wildman–Crippen MR) is 206 cm³/mol. The van der Waals surface area contributed by atoms with Crippen molar-refractivity contribution in [2.24, 2.45) is 4.99 Å². The van der Waals surface area contributed by atoms with E-state index in [2.05, 4.69) is 144 Å². The number of aromatic nitrogens is 1. The molecule has 9 rings (SSSR count). The number of rotatable bonds is 6. The van der Waals surface area contributed by atoms with E-state index in [0.717, 1.165) is 28.1 Å². The number of thiophene rings is 1. The molecule has 0 bridgehead atoms. The second-order valence-corrected chi connectivity index (χ2v) is 13.3. The van der Waals surface area contributed by atoms with Gasteiger partial charge in [0, 0.05) is 54.1 Å². The molecule has 1 unspecified atom stereocenters. The molecular formula is C44H31N3S. The average Bonchev–Trinajstić information content (AvgIpc) is 3.66. The second kappa shape index (κ2) is 11.7. The van der Waals surface area contributed by atoms with Gasteiger partial charge >= 0.3 is 0 Å². The van der Waals surface area contributed by atoms with E-state index in [1.165, 1.54) is 53.1 Å². The van der Waals surface area contributed by atoms with Gasteiger partial charge in [-0.2, -0.15) is 0 Å². The van der Waals surface area contributed by atoms with Gasteiger partial charge in [0.2, 0.25) is 0 Å². The standard InChI is InChI=1S/C44H31N3S/c45-39-20-9-7-19-35(39)44(31-15-5-2-6-16-31)46-28-29-12-11-17-33(24-29)47-40-23-22-32(30-13-3-1-4-14-30)25-36(40)37-27-43-38(26-41(37)47)34-18-8-10-21-42(34)48-43/h1-28,44H,45H2. The highest BCUT2D eigenvalue weighted by atomic mass is 32.1. The van der Waals surface area contributed by atoms with Crippen LogP contribution in [0, 0.1) is 0 Å². The third-order valence-electron chi connectivity index (χ3n) is 9.28. The van der Waals surface area contributed by atoms with E-state index in [9.17, 15) is 0 Å². The molecule has 2 aromatic heterocycles. The topological polar surface area (TPSA) is 43.3 Å². The van der Waals surface area contributed by atoms with E-state index in [0.29, 0.717) is 0 Å². The van der Waals surface area contributed by atoms with Gasteiger partial charge in [0.1, 0.15) is 6.04 Å². The summed E-state index contributed by atoms with van der Waals surface area (Å²) in [7, 11) is 0. The average molecular weight is 634 g/mol. The molecule has 0 spiro atoms. The highest BCUT2D eigenvalue weighted by Gasteiger charge is 2.18. The Bertz CT molecular complexity index is 2630. The van der Waals surface area contributed by atoms with E-state index in [1.807, 2.05) is 41.8 Å². The minimum Gasteiger partial charge on any atom is -0.398 e. The largest absolute Gasteiger partial charge is 0.398 e. The Morgan fingerprint density at radius 1 is 0.542 bits per heavy atom. The third kappa shape index (κ3) is 4.86. The Kier molecular flexibility index (Phi) is 6.88. The fraction of sp³-hybridized carbons (Fsp3) is 0.0227. The molecule has 2 heterocycles. The van der Waals surface area contributed by atoms with Crippen LogP contribution in [0.5, 0.6) is 0 Å². The lowest BCUT2D eigenvalue weighted by Crippen LogP contribution is -2.03. The maximum absolute atomic E-state index is 6.46. The van der Waals surface area contributed by atoms with Crippen molar-refractivity contribution in [3.05, 3.63) is 180 Å². The van der Waals surface area contributed by atoms with Crippen LogP contribution in [-0.4, -0.2) is 10.8 Å². The summed E-state index contributed by atoms with van der Waals surface area (Å²) in [6.07, 6.45) is 1.99. The van der Waals surface area contributed by atoms with Gasteiger partial charge in [-0.25, -0.2) is 0 Å². The van der Waals surface area contributed by atoms with Crippen molar-refractivity contribution in [1.82, 2.24) is 4.57 Å². The first-order valence-corrected chi connectivity index (χ1v) is 17.0. The summed E-state index contributed by atoms with van der Waals surface area (Å²) >= 11 is 1.86. The first-order valence-electron chi connectivity index (χ1n) is 16.2. The van der Waals surface area contributed by atoms with E-state index < -0.39 is 0 Å². The van der Waals surface area contributed by atoms with Crippen LogP contribution >= 0.6 is 11.3 Å². The quantitative estimate of drug-likeness (QED) is 0.144. The van der Waals surface area contributed by atoms with E-state index in [4.69, 9.17) is 10.7 Å². The molecule has 0 fully saturated rings. The Hall–Kier alpha value is -5.97. The zero-order valence-electron chi connectivity index (χ0n) is 26.1. The summed E-state index contributed by atoms with van der Waals surface area (Å²) in [6.45, 7) is 0. The number of nitrogens with zero attached hydrogens (tertiary/aromatic N) is 2. The molecule has 0 aliphatic heterocycles. The lowest BCUT2D eigenvalue weighted by Gasteiger charge is -2.16. The molecular weight excluding hydrogens is 603 g/mol. The maximum Gasteiger partial charge on any atom is 0.102 e. The summed E-state index contributed by atoms with van der Waals surface area (Å²) < 4.78 is 5.03. The number of benzene rings is 7. The molecule has 0 amide bonds. The van der Waals surface area contributed by atoms with Crippen molar-refractivity contribution >= 4 is 65.2 Å². The van der Waals surface area contributed by atoms with Crippen LogP contribution in [0.2, 0.25) is 0 Å². The van der Waals surface area contributed by atoms with Crippen molar-refractivity contribution in [2.75, 3.05) is 5.73 Å². The molecule has 9 aromatic rings. The van der Waals surface area contributed by atoms with Crippen LogP contribution in [0.1, 0.15) is 22.7 Å². The van der Waals surface area contributed by atoms with Gasteiger partial charge in [-0.15, -0.1) is 11.3 Å². The monoisotopic (exact) mass is 633 g/mol. The molecule has 1 atom stereocenters. The number of para-hydroxylation sites is 1. The van der Waals surface area contributed by atoms with Crippen LogP contribution in [0.15, 0.2) is 169 Å². The molecule has 7 aromatic carbocycles. The van der Waals surface area contributed by atoms with E-state index >= 15 is 0 Å². The first kappa shape index (κ1) is 28.3. The molecule has 0 saturated heterocycles. The number of anilines is 1. The Morgan fingerprint density at radius 2 is 1.29 bits per heavy atom. The molecule has 48 heavy (non-hydrogen) atoms. The summed E-state index contributed by atoms with van der Waals surface area (Å²) in [5.41, 5.74) is 16.2. The normalized spacial score (nSPS) is 12.5. The van der Waals surface area contributed by atoms with E-state index in [1.54, 1.807) is 0 Å². The SMILES string of the molecule is Nc1ccccc1C(N=Cc1cccc(-n2c3ccc(-c4ccccc4)cc3c3cc4sc5ccccc5c4cc32)c1)c1ccccc1. The summed E-state index contributed by atoms with van der Waals surface area (Å²) in [4.78, 5) is 5.14. The molecule has 0 radical (unpaired) electrons. The minimum absolute atomic E-state index is 0.208. The van der Waals surface area contributed by atoms with Gasteiger partial charge in [0.05, 0.1) is 11.0 Å². The number of fused-ring (bicyclic) bond motifs is 6. The molecule has 3 nitrogen and oxygen atoms in total. The molecule has 228 valence electrons. The van der Waals surface area contributed by atoms with Crippen molar-refractivity contribution in [3.8, 4) is 16.8 Å². The Morgan fingerprint density at radius 3 is 2.15 bits per heavy atom. The van der Waals surface area contributed by atoms with Crippen LogP contribution in [0.4, 0.5) is 5.69 Å². The number of aliphatic imine (C=N–C) groups is 1. The summed E-state index contributed by atoms with van der Waals surface area (Å²) in [5, 5.41) is 5.09. The lowest BCUT2D eigenvalue weighted by atomic mass is 9.98. The number of nitrogens with two attached hydrogens (primary N) is 1. The zero-order chi connectivity index (χ0) is 32.0. The van der Waals surface area contributed by atoms with Crippen molar-refractivity contribution < 1.29 is 0 Å². The zero-order valence-corrected chi connectivity index (χ0v) is 26.9. The molecule has 2 N–H and O–H groups in total. The lowest BCUT2D eigenvalue weighted by molar-refractivity contribution is 0.881. The van der Waals surface area contributed by atoms with Gasteiger partial charge in [-0.1, -0.05) is 115 Å². The third-order valence-corrected chi connectivity index (χ3v) is 10.4. The smallest absolute Gasteiger partial charge is 0.102 e. The number of nitrogen functional groups attached to an aromatic ring is 1. The second-order valence-electron chi connectivity index (χ2n) is 12.2. The first-order chi connectivity index (χ1) is 23.7. The van der Waals surface area contributed by atoms with Gasteiger partial charge in [-0.05, 0) is 70.8 Å². The van der Waals surface area contributed by atoms with Crippen molar-refractivity contribution in [2.45, 2.75) is 6.04 Å². The van der Waals surface area contributed by atoms with Crippen LogP contribution in [-0.2, 0) is 0 Å². The van der Waals surface area contributed by atoms with E-state index in [-0.39, 0.29) is 6.04 Å². The Balaban J connectivity index is 1.23. The van der Waals surface area contributed by atoms with Gasteiger partial charge in [-0.3, -0.25) is 4.99 Å². The van der Waals surface area contributed by atoms with Crippen LogP contribution in [0.3, 0.4) is 0 Å². The molecule has 4 heteroatoms. The minimum atomic E-state index is -0.208. The predicted octanol–water partition coefficient (Wildman–Crippen LogP) is 11.6. The Labute approximate surface area is 282 Å². The van der Waals surface area contributed by atoms with Crippen LogP contribution < -0.4 is 5.73 Å². The molecule has 0 saturated carbocycles. The highest BCUT2D eigenvalue weighted by Crippen LogP contribution is 2.41. The van der Waals surface area contributed by atoms with Crippen molar-refractivity contribution in [1.29, 1.82) is 0 Å². The number of hydrogen-bond donors (Lipinski definition) is 1. The summed E-state index contributed by atoms with van der Waals surface area (Å²) in [6, 6.07) is 57.8. The fourth-order valence-electron chi connectivity index (χ4n) is 6.97. The molecule has 0 aliphatic rings. The maximum atomic E-state index is 6.46. The summed E-state index contributed by atoms with van der Waals surface area (Å²) in [5.74, 6) is 0. The van der Waals surface area contributed by atoms with Crippen molar-refractivity contribution in [3.63, 3.8) is 0 Å². The van der Waals surface area contributed by atoms with Gasteiger partial charge < -0.3 is 10.3 Å². The van der Waals surface area contributed by atoms with Crippen LogP contribution in [0.25, 0.3) is 58.8 Å². The van der Waals surface area contributed by atoms with Gasteiger partial charge in [0.15, 0.2) is 0 Å².